The van der Waals surface area contributed by atoms with Crippen LogP contribution in [-0.2, 0) is 15.3 Å². The Hall–Kier alpha value is -2.38. The number of amides is 1. The molecule has 8 nitrogen and oxygen atoms in total. The summed E-state index contributed by atoms with van der Waals surface area (Å²) < 4.78 is 9.82. The number of thioether (sulfide) groups is 1. The Bertz CT molecular complexity index is 822. The Morgan fingerprint density at radius 2 is 2.20 bits per heavy atom. The summed E-state index contributed by atoms with van der Waals surface area (Å²) in [5.41, 5.74) is 0.788. The van der Waals surface area contributed by atoms with Crippen LogP contribution in [0, 0.1) is 25.2 Å². The van der Waals surface area contributed by atoms with Crippen LogP contribution in [0.15, 0.2) is 4.52 Å². The second kappa shape index (κ2) is 8.64. The number of carbonyl (C=O) groups excluding carboxylic acids is 2. The molecule has 0 spiro atoms. The van der Waals surface area contributed by atoms with E-state index in [2.05, 4.69) is 15.5 Å². The topological polar surface area (TPSA) is 118 Å². The number of nitriles is 1. The SMILES string of the molecule is CCOC(=O)c1sc(NC(=O)CSCc2noc(C)n2)c(C#N)c1C. The fraction of sp³-hybridized carbons (Fsp3) is 0.400. The second-order valence-electron chi connectivity index (χ2n) is 4.86. The molecule has 0 bridgehead atoms. The van der Waals surface area contributed by atoms with Crippen LogP contribution in [0.4, 0.5) is 5.00 Å². The molecule has 0 radical (unpaired) electrons. The molecule has 2 heterocycles. The molecule has 0 saturated carbocycles. The Kier molecular flexibility index (Phi) is 6.55. The highest BCUT2D eigenvalue weighted by Crippen LogP contribution is 2.33. The van der Waals surface area contributed by atoms with E-state index in [1.165, 1.54) is 11.8 Å². The van der Waals surface area contributed by atoms with Crippen molar-refractivity contribution in [1.29, 1.82) is 5.26 Å². The van der Waals surface area contributed by atoms with Crippen LogP contribution in [0.3, 0.4) is 0 Å². The molecule has 2 aromatic rings. The molecule has 0 saturated heterocycles. The van der Waals surface area contributed by atoms with Crippen LogP contribution >= 0.6 is 23.1 Å². The summed E-state index contributed by atoms with van der Waals surface area (Å²) in [6.07, 6.45) is 0. The van der Waals surface area contributed by atoms with Crippen molar-refractivity contribution >= 4 is 40.0 Å². The molecular formula is C15H16N4O4S2. The molecular weight excluding hydrogens is 364 g/mol. The molecule has 0 aromatic carbocycles. The van der Waals surface area contributed by atoms with Crippen molar-refractivity contribution in [1.82, 2.24) is 10.1 Å². The van der Waals surface area contributed by atoms with E-state index in [-0.39, 0.29) is 23.8 Å². The van der Waals surface area contributed by atoms with Crippen LogP contribution in [0.1, 0.15) is 39.4 Å². The van der Waals surface area contributed by atoms with Gasteiger partial charge in [-0.25, -0.2) is 4.79 Å². The molecule has 0 aliphatic rings. The van der Waals surface area contributed by atoms with E-state index in [1.807, 2.05) is 6.07 Å². The van der Waals surface area contributed by atoms with Crippen molar-refractivity contribution in [3.63, 3.8) is 0 Å². The van der Waals surface area contributed by atoms with E-state index in [0.717, 1.165) is 11.3 Å². The van der Waals surface area contributed by atoms with Crippen LogP contribution in [-0.4, -0.2) is 34.4 Å². The lowest BCUT2D eigenvalue weighted by Crippen LogP contribution is -2.14. The normalized spacial score (nSPS) is 10.3. The largest absolute Gasteiger partial charge is 0.462 e. The molecule has 0 aliphatic heterocycles. The lowest BCUT2D eigenvalue weighted by atomic mass is 10.2. The number of nitrogens with one attached hydrogen (secondary N) is 1. The van der Waals surface area contributed by atoms with Crippen molar-refractivity contribution in [2.24, 2.45) is 0 Å². The number of nitrogens with zero attached hydrogens (tertiary/aromatic N) is 3. The summed E-state index contributed by atoms with van der Waals surface area (Å²) >= 11 is 2.36. The summed E-state index contributed by atoms with van der Waals surface area (Å²) in [6, 6.07) is 2.02. The standard InChI is InChI=1S/C15H16N4O4S2/c1-4-22-15(21)13-8(2)10(5-16)14(25-13)18-12(20)7-24-6-11-17-9(3)23-19-11/h4,6-7H2,1-3H3,(H,18,20). The van der Waals surface area contributed by atoms with Crippen molar-refractivity contribution in [3.05, 3.63) is 27.7 Å². The fourth-order valence-electron chi connectivity index (χ4n) is 1.93. The molecule has 25 heavy (non-hydrogen) atoms. The van der Waals surface area contributed by atoms with Gasteiger partial charge >= 0.3 is 5.97 Å². The number of anilines is 1. The lowest BCUT2D eigenvalue weighted by Gasteiger charge is -2.02. The zero-order valence-electron chi connectivity index (χ0n) is 13.9. The van der Waals surface area contributed by atoms with Gasteiger partial charge < -0.3 is 14.6 Å². The molecule has 0 fully saturated rings. The zero-order valence-corrected chi connectivity index (χ0v) is 15.5. The van der Waals surface area contributed by atoms with Gasteiger partial charge in [-0.2, -0.15) is 10.2 Å². The van der Waals surface area contributed by atoms with Crippen LogP contribution in [0.2, 0.25) is 0 Å². The summed E-state index contributed by atoms with van der Waals surface area (Å²) in [7, 11) is 0. The molecule has 10 heteroatoms. The summed E-state index contributed by atoms with van der Waals surface area (Å²) in [5, 5.41) is 16.1. The van der Waals surface area contributed by atoms with E-state index >= 15 is 0 Å². The number of ether oxygens (including phenoxy) is 1. The number of rotatable bonds is 7. The maximum atomic E-state index is 12.1. The van der Waals surface area contributed by atoms with Gasteiger partial charge in [0.05, 0.1) is 23.7 Å². The van der Waals surface area contributed by atoms with Crippen LogP contribution in [0.5, 0.6) is 0 Å². The van der Waals surface area contributed by atoms with Gasteiger partial charge in [-0.1, -0.05) is 5.16 Å². The lowest BCUT2D eigenvalue weighted by molar-refractivity contribution is -0.113. The van der Waals surface area contributed by atoms with E-state index in [0.29, 0.717) is 32.9 Å². The molecule has 1 N–H and O–H groups in total. The Labute approximate surface area is 152 Å². The first-order chi connectivity index (χ1) is 12.0. The summed E-state index contributed by atoms with van der Waals surface area (Å²) in [4.78, 5) is 28.4. The number of thiophene rings is 1. The van der Waals surface area contributed by atoms with Gasteiger partial charge in [0, 0.05) is 6.92 Å². The molecule has 0 aliphatic carbocycles. The fourth-order valence-corrected chi connectivity index (χ4v) is 3.65. The molecule has 2 rings (SSSR count). The van der Waals surface area contributed by atoms with Gasteiger partial charge in [0.1, 0.15) is 15.9 Å². The molecule has 132 valence electrons. The van der Waals surface area contributed by atoms with Gasteiger partial charge in [0.2, 0.25) is 11.8 Å². The van der Waals surface area contributed by atoms with Crippen molar-refractivity contribution < 1.29 is 18.8 Å². The number of esters is 1. The molecule has 1 amide bonds. The highest BCUT2D eigenvalue weighted by Gasteiger charge is 2.22. The van der Waals surface area contributed by atoms with E-state index < -0.39 is 5.97 Å². The minimum Gasteiger partial charge on any atom is -0.462 e. The van der Waals surface area contributed by atoms with Gasteiger partial charge in [-0.05, 0) is 19.4 Å². The first-order valence-electron chi connectivity index (χ1n) is 7.33. The average Bonchev–Trinajstić information content (AvgIpc) is 3.11. The zero-order chi connectivity index (χ0) is 18.4. The smallest absolute Gasteiger partial charge is 0.348 e. The van der Waals surface area contributed by atoms with Crippen LogP contribution in [0.25, 0.3) is 0 Å². The van der Waals surface area contributed by atoms with Crippen molar-refractivity contribution in [2.75, 3.05) is 17.7 Å². The van der Waals surface area contributed by atoms with Crippen molar-refractivity contribution in [2.45, 2.75) is 26.5 Å². The molecule has 0 atom stereocenters. The maximum absolute atomic E-state index is 12.1. The van der Waals surface area contributed by atoms with Gasteiger partial charge in [-0.15, -0.1) is 23.1 Å². The quantitative estimate of drug-likeness (QED) is 0.728. The third kappa shape index (κ3) is 4.80. The minimum atomic E-state index is -0.496. The Morgan fingerprint density at radius 3 is 2.80 bits per heavy atom. The third-order valence-electron chi connectivity index (χ3n) is 3.01. The molecule has 2 aromatic heterocycles. The highest BCUT2D eigenvalue weighted by atomic mass is 32.2. The van der Waals surface area contributed by atoms with E-state index in [4.69, 9.17) is 9.26 Å². The van der Waals surface area contributed by atoms with E-state index in [1.54, 1.807) is 20.8 Å². The number of aryl methyl sites for hydroxylation is 1. The van der Waals surface area contributed by atoms with Gasteiger partial charge in [0.25, 0.3) is 0 Å². The first kappa shape index (κ1) is 19.0. The Balaban J connectivity index is 1.98. The second-order valence-corrected chi connectivity index (χ2v) is 6.87. The maximum Gasteiger partial charge on any atom is 0.348 e. The van der Waals surface area contributed by atoms with E-state index in [9.17, 15) is 14.9 Å². The summed E-state index contributed by atoms with van der Waals surface area (Å²) in [5.74, 6) is 0.809. The first-order valence-corrected chi connectivity index (χ1v) is 9.30. The third-order valence-corrected chi connectivity index (χ3v) is 5.12. The van der Waals surface area contributed by atoms with Crippen molar-refractivity contribution in [3.8, 4) is 6.07 Å². The highest BCUT2D eigenvalue weighted by molar-refractivity contribution is 7.99. The number of hydrogen-bond donors (Lipinski definition) is 1. The monoisotopic (exact) mass is 380 g/mol. The minimum absolute atomic E-state index is 0.157. The predicted octanol–water partition coefficient (Wildman–Crippen LogP) is 2.67. The number of aromatic nitrogens is 2. The average molecular weight is 380 g/mol. The van der Waals surface area contributed by atoms with Gasteiger partial charge in [-0.3, -0.25) is 4.79 Å². The van der Waals surface area contributed by atoms with Gasteiger partial charge in [0.15, 0.2) is 5.82 Å². The number of carbonyl (C=O) groups is 2. The Morgan fingerprint density at radius 1 is 1.44 bits per heavy atom. The van der Waals surface area contributed by atoms with Crippen LogP contribution < -0.4 is 5.32 Å². The molecule has 0 unspecified atom stereocenters. The summed E-state index contributed by atoms with van der Waals surface area (Å²) in [6.45, 7) is 5.30. The predicted molar refractivity (Wildman–Crippen MR) is 93.6 cm³/mol. The number of hydrogen-bond acceptors (Lipinski definition) is 9.